The number of ether oxygens (including phenoxy) is 4. The van der Waals surface area contributed by atoms with E-state index in [-0.39, 0.29) is 130 Å². The first-order valence-electron chi connectivity index (χ1n) is 31.2. The molecule has 0 aromatic rings. The number of Topliss-reactive ketones (excluding diaryl/α,β-unsaturated/α-hetero) is 4. The summed E-state index contributed by atoms with van der Waals surface area (Å²) in [4.78, 5) is 106. The molecule has 0 aliphatic rings. The van der Waals surface area contributed by atoms with E-state index in [1.54, 1.807) is 20.8 Å². The van der Waals surface area contributed by atoms with Crippen LogP contribution in [0.4, 0.5) is 0 Å². The van der Waals surface area contributed by atoms with Crippen molar-refractivity contribution in [2.45, 2.75) is 254 Å². The standard InChI is InChI=1S/C45H83N3O11.C17H31NO3/c1-4-6-7-8-9-10-11-12-13-14-15-16-17-18-19-25-42(51)48-41(45(54)55)27-26-40(50)24-22-30-56-32-34-58-37-44(53)47-29-31-57-33-35-59-36-43(52)46-28-21-20-23-39(5-2)38(3)49;1-5-15(13(3)19)9-7-8-12-18-17(21)11-10-16(6-2)14(4)20/h39,41H,4-37H2,1-3H3,(H,46,52)(H,47,53)(H,48,51)(H,54,55);15-16H,5-12H2,1-4H3,(H,18,21)/t39?,41-;/m0./s1. The molecule has 18 nitrogen and oxygen atoms in total. The summed E-state index contributed by atoms with van der Waals surface area (Å²) in [6, 6.07) is -1.08. The Morgan fingerprint density at radius 3 is 1.23 bits per heavy atom. The molecular weight excluding hydrogens is 1020 g/mol. The second kappa shape index (κ2) is 56.7. The average molecular weight is 1140 g/mol. The van der Waals surface area contributed by atoms with Crippen molar-refractivity contribution in [1.82, 2.24) is 21.3 Å². The Morgan fingerprint density at radius 2 is 0.775 bits per heavy atom. The van der Waals surface area contributed by atoms with E-state index in [0.717, 1.165) is 77.0 Å². The van der Waals surface area contributed by atoms with Gasteiger partial charge in [-0.25, -0.2) is 4.79 Å². The SMILES string of the molecule is CCC(CCCCNC(=O)CCC(CC)C(C)=O)C(C)=O.CCCCCCCCCCCCCCCCCC(=O)N[C@@H](CCC(=O)CCCOCCOCC(=O)NCCOCCOCC(=O)NCCCCC(CC)C(C)=O)C(=O)O. The molecule has 0 bridgehead atoms. The van der Waals surface area contributed by atoms with Gasteiger partial charge in [0.05, 0.1) is 33.0 Å². The van der Waals surface area contributed by atoms with E-state index in [9.17, 15) is 48.3 Å². The number of carbonyl (C=O) groups is 9. The zero-order chi connectivity index (χ0) is 59.9. The minimum atomic E-state index is -1.13. The number of hydrogen-bond donors (Lipinski definition) is 5. The summed E-state index contributed by atoms with van der Waals surface area (Å²) >= 11 is 0. The highest BCUT2D eigenvalue weighted by Gasteiger charge is 2.21. The number of carboxylic acid groups (broad SMARTS) is 1. The van der Waals surface area contributed by atoms with E-state index < -0.39 is 12.0 Å². The molecule has 5 N–H and O–H groups in total. The van der Waals surface area contributed by atoms with Gasteiger partial charge in [-0.15, -0.1) is 0 Å². The molecular formula is C62H114N4O14. The summed E-state index contributed by atoms with van der Waals surface area (Å²) in [5.74, 6) is -1.04. The minimum Gasteiger partial charge on any atom is -0.480 e. The second-order valence-electron chi connectivity index (χ2n) is 21.4. The van der Waals surface area contributed by atoms with Crippen LogP contribution in [0.3, 0.4) is 0 Å². The molecule has 18 heteroatoms. The van der Waals surface area contributed by atoms with Crippen LogP contribution in [0, 0.1) is 17.8 Å². The van der Waals surface area contributed by atoms with Crippen molar-refractivity contribution in [1.29, 1.82) is 0 Å². The van der Waals surface area contributed by atoms with Crippen LogP contribution in [0.25, 0.3) is 0 Å². The number of carbonyl (C=O) groups excluding carboxylic acids is 8. The third kappa shape index (κ3) is 52.0. The van der Waals surface area contributed by atoms with Crippen LogP contribution in [-0.2, 0) is 62.1 Å². The fourth-order valence-corrected chi connectivity index (χ4v) is 9.08. The predicted molar refractivity (Wildman–Crippen MR) is 315 cm³/mol. The number of amides is 4. The number of hydrogen-bond acceptors (Lipinski definition) is 13. The Balaban J connectivity index is 0. The third-order valence-electron chi connectivity index (χ3n) is 14.4. The first kappa shape index (κ1) is 77.9. The summed E-state index contributed by atoms with van der Waals surface area (Å²) in [6.07, 6.45) is 28.7. The highest BCUT2D eigenvalue weighted by Crippen LogP contribution is 2.17. The van der Waals surface area contributed by atoms with Gasteiger partial charge in [0.1, 0.15) is 42.4 Å². The molecule has 0 aromatic carbocycles. The monoisotopic (exact) mass is 1140 g/mol. The number of unbranched alkanes of at least 4 members (excludes halogenated alkanes) is 16. The molecule has 4 amide bonds. The number of rotatable bonds is 57. The summed E-state index contributed by atoms with van der Waals surface area (Å²) < 4.78 is 21.5. The van der Waals surface area contributed by atoms with Gasteiger partial charge in [0, 0.05) is 69.7 Å². The van der Waals surface area contributed by atoms with Gasteiger partial charge in [0.2, 0.25) is 23.6 Å². The van der Waals surface area contributed by atoms with Crippen molar-refractivity contribution in [3.63, 3.8) is 0 Å². The molecule has 0 spiro atoms. The molecule has 3 unspecified atom stereocenters. The molecule has 0 heterocycles. The molecule has 0 aromatic heterocycles. The summed E-state index contributed by atoms with van der Waals surface area (Å²) in [7, 11) is 0. The van der Waals surface area contributed by atoms with Crippen molar-refractivity contribution in [2.24, 2.45) is 17.8 Å². The van der Waals surface area contributed by atoms with E-state index in [1.807, 2.05) is 20.8 Å². The zero-order valence-electron chi connectivity index (χ0n) is 51.3. The van der Waals surface area contributed by atoms with Gasteiger partial charge < -0.3 is 45.3 Å². The van der Waals surface area contributed by atoms with Gasteiger partial charge in [-0.3, -0.25) is 38.4 Å². The Kier molecular flexibility index (Phi) is 55.3. The average Bonchev–Trinajstić information content (AvgIpc) is 3.42. The molecule has 80 heavy (non-hydrogen) atoms. The van der Waals surface area contributed by atoms with Gasteiger partial charge >= 0.3 is 5.97 Å². The van der Waals surface area contributed by atoms with E-state index in [1.165, 1.54) is 77.0 Å². The lowest BCUT2D eigenvalue weighted by Gasteiger charge is -2.14. The molecule has 0 rings (SSSR count). The molecule has 466 valence electrons. The minimum absolute atomic E-state index is 0.0108. The maximum Gasteiger partial charge on any atom is 0.326 e. The summed E-state index contributed by atoms with van der Waals surface area (Å²) in [5.41, 5.74) is 0. The predicted octanol–water partition coefficient (Wildman–Crippen LogP) is 10.3. The lowest BCUT2D eigenvalue weighted by atomic mass is 9.95. The maximum atomic E-state index is 12.3. The van der Waals surface area contributed by atoms with E-state index in [4.69, 9.17) is 18.9 Å². The first-order valence-corrected chi connectivity index (χ1v) is 31.2. The quantitative estimate of drug-likeness (QED) is 0.0355. The highest BCUT2D eigenvalue weighted by molar-refractivity contribution is 5.85. The summed E-state index contributed by atoms with van der Waals surface area (Å²) in [5, 5.41) is 20.5. The largest absolute Gasteiger partial charge is 0.480 e. The van der Waals surface area contributed by atoms with E-state index >= 15 is 0 Å². The van der Waals surface area contributed by atoms with Crippen molar-refractivity contribution in [3.05, 3.63) is 0 Å². The number of aliphatic carboxylic acids is 1. The molecule has 0 radical (unpaired) electrons. The maximum absolute atomic E-state index is 12.3. The molecule has 0 fully saturated rings. The van der Waals surface area contributed by atoms with Crippen molar-refractivity contribution >= 4 is 52.7 Å². The van der Waals surface area contributed by atoms with Crippen molar-refractivity contribution < 1.29 is 67.2 Å². The van der Waals surface area contributed by atoms with Crippen LogP contribution in [0.15, 0.2) is 0 Å². The third-order valence-corrected chi connectivity index (χ3v) is 14.4. The Bertz CT molecular complexity index is 1630. The van der Waals surface area contributed by atoms with Crippen LogP contribution in [0.2, 0.25) is 0 Å². The molecule has 4 atom stereocenters. The van der Waals surface area contributed by atoms with Crippen LogP contribution < -0.4 is 21.3 Å². The lowest BCUT2D eigenvalue weighted by Crippen LogP contribution is -2.41. The van der Waals surface area contributed by atoms with Gasteiger partial charge in [0.25, 0.3) is 0 Å². The number of nitrogens with one attached hydrogen (secondary N) is 4. The van der Waals surface area contributed by atoms with Crippen LogP contribution in [0.5, 0.6) is 0 Å². The van der Waals surface area contributed by atoms with E-state index in [0.29, 0.717) is 51.9 Å². The Hall–Kier alpha value is -4.13. The normalized spacial score (nSPS) is 12.5. The summed E-state index contributed by atoms with van der Waals surface area (Å²) in [6.45, 7) is 16.1. The molecule has 0 aliphatic carbocycles. The fourth-order valence-electron chi connectivity index (χ4n) is 9.08. The van der Waals surface area contributed by atoms with E-state index in [2.05, 4.69) is 28.2 Å². The topological polar surface area (TPSA) is 259 Å². The van der Waals surface area contributed by atoms with Crippen molar-refractivity contribution in [2.75, 3.05) is 72.5 Å². The fraction of sp³-hybridized carbons (Fsp3) is 0.855. The van der Waals surface area contributed by atoms with Gasteiger partial charge in [0.15, 0.2) is 0 Å². The van der Waals surface area contributed by atoms with Crippen LogP contribution in [0.1, 0.15) is 248 Å². The number of ketones is 4. The molecule has 0 saturated carbocycles. The highest BCUT2D eigenvalue weighted by atomic mass is 16.5. The van der Waals surface area contributed by atoms with Gasteiger partial charge in [-0.2, -0.15) is 0 Å². The number of carboxylic acids is 1. The second-order valence-corrected chi connectivity index (χ2v) is 21.4. The molecule has 0 aliphatic heterocycles. The van der Waals surface area contributed by atoms with Gasteiger partial charge in [-0.05, 0) is 91.4 Å². The molecule has 0 saturated heterocycles. The lowest BCUT2D eigenvalue weighted by molar-refractivity contribution is -0.142. The Morgan fingerprint density at radius 1 is 0.362 bits per heavy atom. The van der Waals surface area contributed by atoms with Gasteiger partial charge in [-0.1, -0.05) is 130 Å². The van der Waals surface area contributed by atoms with Crippen molar-refractivity contribution in [3.8, 4) is 0 Å². The zero-order valence-corrected chi connectivity index (χ0v) is 51.3. The Labute approximate surface area is 483 Å². The smallest absolute Gasteiger partial charge is 0.326 e. The van der Waals surface area contributed by atoms with Crippen LogP contribution >= 0.6 is 0 Å². The van der Waals surface area contributed by atoms with Crippen LogP contribution in [-0.4, -0.2) is 136 Å². The first-order chi connectivity index (χ1) is 38.5.